The van der Waals surface area contributed by atoms with E-state index in [1.54, 1.807) is 12.1 Å². The highest BCUT2D eigenvalue weighted by atomic mass is 19.3. The monoisotopic (exact) mass is 300 g/mol. The van der Waals surface area contributed by atoms with Crippen molar-refractivity contribution in [3.8, 4) is 11.5 Å². The van der Waals surface area contributed by atoms with Crippen molar-refractivity contribution in [2.75, 3.05) is 26.7 Å². The van der Waals surface area contributed by atoms with Crippen LogP contribution >= 0.6 is 0 Å². The Balaban J connectivity index is 2.07. The number of hydrogen-bond acceptors (Lipinski definition) is 4. The summed E-state index contributed by atoms with van der Waals surface area (Å²) in [5, 5.41) is 0. The number of rotatable bonds is 6. The van der Waals surface area contributed by atoms with Crippen molar-refractivity contribution in [2.45, 2.75) is 26.5 Å². The Hall–Kier alpha value is -1.40. The molecule has 1 atom stereocenters. The van der Waals surface area contributed by atoms with Crippen molar-refractivity contribution in [3.05, 3.63) is 23.8 Å². The zero-order valence-electron chi connectivity index (χ0n) is 12.4. The van der Waals surface area contributed by atoms with Crippen molar-refractivity contribution >= 4 is 0 Å². The molecule has 0 aliphatic carbocycles. The van der Waals surface area contributed by atoms with Gasteiger partial charge in [0.25, 0.3) is 0 Å². The number of nitrogens with two attached hydrogens (primary N) is 1. The molecule has 21 heavy (non-hydrogen) atoms. The van der Waals surface area contributed by atoms with E-state index in [-0.39, 0.29) is 11.2 Å². The molecule has 4 nitrogen and oxygen atoms in total. The Kier molecular flexibility index (Phi) is 5.00. The molecule has 118 valence electrons. The molecule has 0 aromatic heterocycles. The first kappa shape index (κ1) is 16.0. The van der Waals surface area contributed by atoms with E-state index in [4.69, 9.17) is 10.5 Å². The van der Waals surface area contributed by atoms with Crippen molar-refractivity contribution in [1.29, 1.82) is 0 Å². The first-order valence-corrected chi connectivity index (χ1v) is 7.00. The molecule has 1 aliphatic heterocycles. The number of hydrogen-bond donors (Lipinski definition) is 1. The topological polar surface area (TPSA) is 47.7 Å². The number of benzene rings is 1. The van der Waals surface area contributed by atoms with Crippen LogP contribution in [-0.4, -0.2) is 38.3 Å². The molecular formula is C15H22F2N2O2. The van der Waals surface area contributed by atoms with Gasteiger partial charge in [0.15, 0.2) is 11.5 Å². The second-order valence-corrected chi connectivity index (χ2v) is 5.84. The fraction of sp³-hybridized carbons (Fsp3) is 0.600. The van der Waals surface area contributed by atoms with Gasteiger partial charge in [0.05, 0.1) is 7.11 Å². The average Bonchev–Trinajstić information content (AvgIpc) is 2.81. The summed E-state index contributed by atoms with van der Waals surface area (Å²) in [6.45, 7) is 2.55. The molecule has 1 heterocycles. The molecule has 0 amide bonds. The van der Waals surface area contributed by atoms with Crippen LogP contribution < -0.4 is 15.2 Å². The molecule has 1 saturated heterocycles. The summed E-state index contributed by atoms with van der Waals surface area (Å²) < 4.78 is 34.4. The lowest BCUT2D eigenvalue weighted by molar-refractivity contribution is -0.0512. The van der Waals surface area contributed by atoms with Crippen molar-refractivity contribution in [2.24, 2.45) is 11.1 Å². The predicted molar refractivity (Wildman–Crippen MR) is 76.7 cm³/mol. The van der Waals surface area contributed by atoms with Crippen LogP contribution in [0.2, 0.25) is 0 Å². The van der Waals surface area contributed by atoms with Crippen LogP contribution in [0.1, 0.15) is 18.9 Å². The number of alkyl halides is 2. The van der Waals surface area contributed by atoms with Crippen LogP contribution in [0.25, 0.3) is 0 Å². The van der Waals surface area contributed by atoms with E-state index in [2.05, 4.69) is 16.6 Å². The lowest BCUT2D eigenvalue weighted by Gasteiger charge is -2.22. The number of methoxy groups -OCH3 is 1. The number of ether oxygens (including phenoxy) is 2. The Labute approximate surface area is 123 Å². The van der Waals surface area contributed by atoms with Crippen molar-refractivity contribution in [1.82, 2.24) is 4.90 Å². The van der Waals surface area contributed by atoms with Gasteiger partial charge in [-0.05, 0) is 42.6 Å². The molecule has 1 aliphatic rings. The molecule has 1 aromatic rings. The van der Waals surface area contributed by atoms with Crippen LogP contribution in [0.5, 0.6) is 11.5 Å². The van der Waals surface area contributed by atoms with Gasteiger partial charge in [0, 0.05) is 13.1 Å². The Morgan fingerprint density at radius 3 is 2.71 bits per heavy atom. The van der Waals surface area contributed by atoms with E-state index < -0.39 is 6.61 Å². The molecule has 2 N–H and O–H groups in total. The van der Waals surface area contributed by atoms with Gasteiger partial charge in [-0.1, -0.05) is 13.0 Å². The van der Waals surface area contributed by atoms with Crippen molar-refractivity contribution in [3.63, 3.8) is 0 Å². The largest absolute Gasteiger partial charge is 0.493 e. The SMILES string of the molecule is COc1ccc(CN2CCC(C)(CN)C2)cc1OC(F)F. The fourth-order valence-corrected chi connectivity index (χ4v) is 2.69. The highest BCUT2D eigenvalue weighted by molar-refractivity contribution is 5.43. The van der Waals surface area contributed by atoms with E-state index >= 15 is 0 Å². The number of nitrogens with zero attached hydrogens (tertiary/aromatic N) is 1. The van der Waals surface area contributed by atoms with E-state index in [9.17, 15) is 8.78 Å². The van der Waals surface area contributed by atoms with Crippen LogP contribution in [0, 0.1) is 5.41 Å². The molecular weight excluding hydrogens is 278 g/mol. The number of likely N-dealkylation sites (tertiary alicyclic amines) is 1. The van der Waals surface area contributed by atoms with E-state index in [1.165, 1.54) is 7.11 Å². The standard InChI is InChI=1S/C15H22F2N2O2/c1-15(9-18)5-6-19(10-15)8-11-3-4-12(20-2)13(7-11)21-14(16)17/h3-4,7,14H,5-6,8-10,18H2,1-2H3. The highest BCUT2D eigenvalue weighted by Gasteiger charge is 2.32. The second-order valence-electron chi connectivity index (χ2n) is 5.84. The van der Waals surface area contributed by atoms with Gasteiger partial charge in [-0.25, -0.2) is 0 Å². The minimum Gasteiger partial charge on any atom is -0.493 e. The fourth-order valence-electron chi connectivity index (χ4n) is 2.69. The van der Waals surface area contributed by atoms with Gasteiger partial charge in [-0.3, -0.25) is 4.90 Å². The molecule has 6 heteroatoms. The maximum atomic E-state index is 12.4. The molecule has 0 bridgehead atoms. The predicted octanol–water partition coefficient (Wildman–Crippen LogP) is 2.47. The summed E-state index contributed by atoms with van der Waals surface area (Å²) in [6, 6.07) is 5.14. The third-order valence-corrected chi connectivity index (χ3v) is 3.98. The molecule has 0 radical (unpaired) electrons. The molecule has 2 rings (SSSR count). The maximum Gasteiger partial charge on any atom is 0.387 e. The third-order valence-electron chi connectivity index (χ3n) is 3.98. The maximum absolute atomic E-state index is 12.4. The Bertz CT molecular complexity index is 485. The van der Waals surface area contributed by atoms with Gasteiger partial charge >= 0.3 is 6.61 Å². The quantitative estimate of drug-likeness (QED) is 0.877. The van der Waals surface area contributed by atoms with Gasteiger partial charge in [0.1, 0.15) is 0 Å². The Morgan fingerprint density at radius 2 is 2.14 bits per heavy atom. The third kappa shape index (κ3) is 4.04. The summed E-state index contributed by atoms with van der Waals surface area (Å²) in [7, 11) is 1.43. The minimum atomic E-state index is -2.86. The zero-order chi connectivity index (χ0) is 15.5. The van der Waals surface area contributed by atoms with Crippen LogP contribution in [0.4, 0.5) is 8.78 Å². The second kappa shape index (κ2) is 6.58. The lowest BCUT2D eigenvalue weighted by Crippen LogP contribution is -2.31. The average molecular weight is 300 g/mol. The Morgan fingerprint density at radius 1 is 1.38 bits per heavy atom. The molecule has 1 aromatic carbocycles. The van der Waals surface area contributed by atoms with E-state index in [1.807, 2.05) is 6.07 Å². The number of halogens is 2. The molecule has 1 unspecified atom stereocenters. The highest BCUT2D eigenvalue weighted by Crippen LogP contribution is 2.32. The molecule has 0 saturated carbocycles. The summed E-state index contributed by atoms with van der Waals surface area (Å²) in [6.07, 6.45) is 1.06. The summed E-state index contributed by atoms with van der Waals surface area (Å²) in [4.78, 5) is 2.28. The van der Waals surface area contributed by atoms with Crippen LogP contribution in [0.15, 0.2) is 18.2 Å². The first-order chi connectivity index (χ1) is 9.95. The lowest BCUT2D eigenvalue weighted by atomic mass is 9.90. The van der Waals surface area contributed by atoms with Crippen molar-refractivity contribution < 1.29 is 18.3 Å². The van der Waals surface area contributed by atoms with Crippen LogP contribution in [-0.2, 0) is 6.54 Å². The zero-order valence-corrected chi connectivity index (χ0v) is 12.4. The van der Waals surface area contributed by atoms with Gasteiger partial charge in [-0.2, -0.15) is 8.78 Å². The van der Waals surface area contributed by atoms with Gasteiger partial charge in [-0.15, -0.1) is 0 Å². The van der Waals surface area contributed by atoms with E-state index in [0.717, 1.165) is 25.1 Å². The first-order valence-electron chi connectivity index (χ1n) is 7.00. The molecule has 1 fully saturated rings. The smallest absolute Gasteiger partial charge is 0.387 e. The normalized spacial score (nSPS) is 22.8. The summed E-state index contributed by atoms with van der Waals surface area (Å²) >= 11 is 0. The summed E-state index contributed by atoms with van der Waals surface area (Å²) in [5.41, 5.74) is 6.87. The van der Waals surface area contributed by atoms with Crippen LogP contribution in [0.3, 0.4) is 0 Å². The van der Waals surface area contributed by atoms with Gasteiger partial charge < -0.3 is 15.2 Å². The minimum absolute atomic E-state index is 0.0748. The van der Waals surface area contributed by atoms with Gasteiger partial charge in [0.2, 0.25) is 0 Å². The molecule has 0 spiro atoms. The van der Waals surface area contributed by atoms with E-state index in [0.29, 0.717) is 18.8 Å². The summed E-state index contributed by atoms with van der Waals surface area (Å²) in [5.74, 6) is 0.387.